The minimum atomic E-state index is -0.158. The molecule has 0 fully saturated rings. The third kappa shape index (κ3) is 1.69. The molecule has 1 aliphatic rings. The van der Waals surface area contributed by atoms with Crippen LogP contribution in [0.2, 0.25) is 0 Å². The van der Waals surface area contributed by atoms with E-state index in [9.17, 15) is 4.39 Å². The highest BCUT2D eigenvalue weighted by Crippen LogP contribution is 2.30. The smallest absolute Gasteiger partial charge is 0.123 e. The van der Waals surface area contributed by atoms with Gasteiger partial charge in [-0.1, -0.05) is 6.07 Å². The molecule has 1 nitrogen and oxygen atoms in total. The van der Waals surface area contributed by atoms with Gasteiger partial charge >= 0.3 is 0 Å². The Morgan fingerprint density at radius 1 is 1.46 bits per heavy atom. The van der Waals surface area contributed by atoms with Gasteiger partial charge in [-0.2, -0.15) is 0 Å². The molecule has 3 heteroatoms. The quantitative estimate of drug-likeness (QED) is 0.686. The minimum Gasteiger partial charge on any atom is -0.226 e. The molecule has 0 bridgehead atoms. The van der Waals surface area contributed by atoms with E-state index in [0.29, 0.717) is 0 Å². The van der Waals surface area contributed by atoms with Crippen LogP contribution >= 0.6 is 11.8 Å². The summed E-state index contributed by atoms with van der Waals surface area (Å²) in [6, 6.07) is 5.11. The molecule has 0 aromatic heterocycles. The number of aryl methyl sites for hydroxylation is 1. The van der Waals surface area contributed by atoms with Crippen LogP contribution in [0.3, 0.4) is 0 Å². The molecule has 0 spiro atoms. The van der Waals surface area contributed by atoms with Crippen molar-refractivity contribution in [3.05, 3.63) is 35.1 Å². The normalized spacial score (nSPS) is 21.2. The SMILES string of the molecule is Fc1ccc2c(c1)CCC[C@@H]2NCl. The zero-order valence-electron chi connectivity index (χ0n) is 7.19. The van der Waals surface area contributed by atoms with Crippen molar-refractivity contribution in [1.29, 1.82) is 0 Å². The summed E-state index contributed by atoms with van der Waals surface area (Å²) in [5.74, 6) is -0.158. The topological polar surface area (TPSA) is 12.0 Å². The molecule has 70 valence electrons. The van der Waals surface area contributed by atoms with Crippen LogP contribution in [0.1, 0.15) is 30.0 Å². The lowest BCUT2D eigenvalue weighted by molar-refractivity contribution is 0.532. The van der Waals surface area contributed by atoms with Gasteiger partial charge in [-0.15, -0.1) is 0 Å². The summed E-state index contributed by atoms with van der Waals surface area (Å²) in [6.07, 6.45) is 3.06. The van der Waals surface area contributed by atoms with Gasteiger partial charge in [0.1, 0.15) is 5.82 Å². The Kier molecular flexibility index (Phi) is 2.51. The molecule has 13 heavy (non-hydrogen) atoms. The number of hydrogen-bond acceptors (Lipinski definition) is 1. The zero-order chi connectivity index (χ0) is 9.26. The van der Waals surface area contributed by atoms with E-state index in [1.807, 2.05) is 6.07 Å². The van der Waals surface area contributed by atoms with Gasteiger partial charge in [-0.05, 0) is 54.3 Å². The Morgan fingerprint density at radius 2 is 2.31 bits per heavy atom. The van der Waals surface area contributed by atoms with Crippen LogP contribution in [0.25, 0.3) is 0 Å². The van der Waals surface area contributed by atoms with Crippen LogP contribution in [0.15, 0.2) is 18.2 Å². The molecule has 0 radical (unpaired) electrons. The summed E-state index contributed by atoms with van der Waals surface area (Å²) < 4.78 is 12.9. The van der Waals surface area contributed by atoms with Gasteiger partial charge in [0, 0.05) is 6.04 Å². The van der Waals surface area contributed by atoms with E-state index in [4.69, 9.17) is 11.8 Å². The highest BCUT2D eigenvalue weighted by Gasteiger charge is 2.19. The largest absolute Gasteiger partial charge is 0.226 e. The first-order chi connectivity index (χ1) is 6.31. The van der Waals surface area contributed by atoms with E-state index in [1.165, 1.54) is 6.07 Å². The predicted molar refractivity (Wildman–Crippen MR) is 51.1 cm³/mol. The maximum Gasteiger partial charge on any atom is 0.123 e. The Balaban J connectivity index is 2.40. The third-order valence-corrected chi connectivity index (χ3v) is 2.81. The molecule has 1 aliphatic carbocycles. The van der Waals surface area contributed by atoms with Crippen LogP contribution in [-0.2, 0) is 6.42 Å². The van der Waals surface area contributed by atoms with E-state index < -0.39 is 0 Å². The summed E-state index contributed by atoms with van der Waals surface area (Å²) >= 11 is 5.60. The van der Waals surface area contributed by atoms with Gasteiger partial charge in [0.15, 0.2) is 0 Å². The molecule has 0 unspecified atom stereocenters. The van der Waals surface area contributed by atoms with E-state index in [-0.39, 0.29) is 11.9 Å². The average molecular weight is 200 g/mol. The Labute approximate surface area is 82.0 Å². The van der Waals surface area contributed by atoms with Crippen molar-refractivity contribution < 1.29 is 4.39 Å². The lowest BCUT2D eigenvalue weighted by Crippen LogP contribution is -2.18. The molecule has 1 atom stereocenters. The first-order valence-corrected chi connectivity index (χ1v) is 4.83. The summed E-state index contributed by atoms with van der Waals surface area (Å²) in [5, 5.41) is 0. The van der Waals surface area contributed by atoms with Gasteiger partial charge in [0.25, 0.3) is 0 Å². The molecule has 0 saturated heterocycles. The van der Waals surface area contributed by atoms with Crippen LogP contribution in [0.4, 0.5) is 4.39 Å². The molecule has 0 amide bonds. The highest BCUT2D eigenvalue weighted by molar-refractivity contribution is 6.13. The molecule has 1 N–H and O–H groups in total. The van der Waals surface area contributed by atoms with Crippen LogP contribution in [0.5, 0.6) is 0 Å². The highest BCUT2D eigenvalue weighted by atomic mass is 35.5. The summed E-state index contributed by atoms with van der Waals surface area (Å²) in [4.78, 5) is 2.73. The zero-order valence-corrected chi connectivity index (χ0v) is 7.94. The number of nitrogens with one attached hydrogen (secondary N) is 1. The average Bonchev–Trinajstić information content (AvgIpc) is 2.16. The van der Waals surface area contributed by atoms with Crippen molar-refractivity contribution in [2.75, 3.05) is 0 Å². The molecular formula is C10H11ClFN. The predicted octanol–water partition coefficient (Wildman–Crippen LogP) is 2.95. The molecule has 0 heterocycles. The van der Waals surface area contributed by atoms with Crippen molar-refractivity contribution in [2.24, 2.45) is 0 Å². The molecule has 2 rings (SSSR count). The number of rotatable bonds is 1. The summed E-state index contributed by atoms with van der Waals surface area (Å²) in [5.41, 5.74) is 2.23. The van der Waals surface area contributed by atoms with Crippen molar-refractivity contribution in [2.45, 2.75) is 25.3 Å². The van der Waals surface area contributed by atoms with Crippen LogP contribution < -0.4 is 4.84 Å². The second-order valence-corrected chi connectivity index (χ2v) is 3.62. The Morgan fingerprint density at radius 3 is 3.08 bits per heavy atom. The number of benzene rings is 1. The molecule has 1 aromatic carbocycles. The van der Waals surface area contributed by atoms with E-state index in [1.54, 1.807) is 6.07 Å². The fraction of sp³-hybridized carbons (Fsp3) is 0.400. The van der Waals surface area contributed by atoms with E-state index in [2.05, 4.69) is 4.84 Å². The van der Waals surface area contributed by atoms with Crippen molar-refractivity contribution in [3.63, 3.8) is 0 Å². The van der Waals surface area contributed by atoms with Gasteiger partial charge in [-0.3, -0.25) is 0 Å². The number of halogens is 2. The Bertz CT molecular complexity index is 314. The lowest BCUT2D eigenvalue weighted by atomic mass is 9.88. The molecule has 0 aliphatic heterocycles. The second-order valence-electron chi connectivity index (χ2n) is 3.40. The van der Waals surface area contributed by atoms with Crippen molar-refractivity contribution in [1.82, 2.24) is 4.84 Å². The van der Waals surface area contributed by atoms with Crippen molar-refractivity contribution in [3.8, 4) is 0 Å². The summed E-state index contributed by atoms with van der Waals surface area (Å²) in [7, 11) is 0. The maximum absolute atomic E-state index is 12.9. The molecular weight excluding hydrogens is 189 g/mol. The maximum atomic E-state index is 12.9. The number of fused-ring (bicyclic) bond motifs is 1. The first kappa shape index (κ1) is 8.97. The molecule has 1 aromatic rings. The van der Waals surface area contributed by atoms with E-state index in [0.717, 1.165) is 30.4 Å². The monoisotopic (exact) mass is 199 g/mol. The number of hydrogen-bond donors (Lipinski definition) is 1. The second kappa shape index (κ2) is 3.64. The third-order valence-electron chi connectivity index (χ3n) is 2.55. The Hall–Kier alpha value is -0.600. The fourth-order valence-corrected chi connectivity index (χ4v) is 2.12. The minimum absolute atomic E-state index is 0.158. The van der Waals surface area contributed by atoms with Gasteiger partial charge in [-0.25, -0.2) is 9.23 Å². The van der Waals surface area contributed by atoms with E-state index >= 15 is 0 Å². The van der Waals surface area contributed by atoms with Crippen LogP contribution in [-0.4, -0.2) is 0 Å². The first-order valence-electron chi connectivity index (χ1n) is 4.46. The van der Waals surface area contributed by atoms with Gasteiger partial charge < -0.3 is 0 Å². The van der Waals surface area contributed by atoms with Gasteiger partial charge in [0.2, 0.25) is 0 Å². The fourth-order valence-electron chi connectivity index (χ4n) is 1.90. The van der Waals surface area contributed by atoms with Crippen molar-refractivity contribution >= 4 is 11.8 Å². The molecule has 0 saturated carbocycles. The lowest BCUT2D eigenvalue weighted by Gasteiger charge is -2.23. The summed E-state index contributed by atoms with van der Waals surface area (Å²) in [6.45, 7) is 0. The van der Waals surface area contributed by atoms with Gasteiger partial charge in [0.05, 0.1) is 0 Å². The van der Waals surface area contributed by atoms with Crippen LogP contribution in [0, 0.1) is 5.82 Å². The standard InChI is InChI=1S/C10H11ClFN/c11-13-10-3-1-2-7-6-8(12)4-5-9(7)10/h4-6,10,13H,1-3H2/t10-/m0/s1.